The molecule has 0 radical (unpaired) electrons. The third-order valence-corrected chi connectivity index (χ3v) is 0. The van der Waals surface area contributed by atoms with Crippen molar-refractivity contribution in [2.45, 2.75) is 0 Å². The normalized spacial score (nSPS) is 7.50. The van der Waals surface area contributed by atoms with Crippen molar-refractivity contribution in [1.82, 2.24) is 0 Å². The molecule has 8 heavy (non-hydrogen) atoms. The molecule has 0 saturated heterocycles. The van der Waals surface area contributed by atoms with E-state index in [-0.39, 0.29) is 85.4 Å². The first kappa shape index (κ1) is 22.4. The van der Waals surface area contributed by atoms with Gasteiger partial charge in [-0.05, 0) is 0 Å². The van der Waals surface area contributed by atoms with E-state index in [9.17, 15) is 0 Å². The summed E-state index contributed by atoms with van der Waals surface area (Å²) in [6.07, 6.45) is 0. The van der Waals surface area contributed by atoms with Gasteiger partial charge in [0.05, 0.1) is 0 Å². The zero-order valence-electron chi connectivity index (χ0n) is 4.25. The zero-order chi connectivity index (χ0) is 4.50. The van der Waals surface area contributed by atoms with E-state index in [1.165, 1.54) is 0 Å². The summed E-state index contributed by atoms with van der Waals surface area (Å²) in [5.41, 5.74) is 0. The molecule has 1 atom stereocenters. The Balaban J connectivity index is -0.0000000267. The second-order valence-corrected chi connectivity index (χ2v) is 1.50. The van der Waals surface area contributed by atoms with Crippen molar-refractivity contribution in [2.24, 2.45) is 0 Å². The van der Waals surface area contributed by atoms with Crippen molar-refractivity contribution >= 4 is 94.4 Å². The Morgan fingerprint density at radius 3 is 0.750 bits per heavy atom. The first-order chi connectivity index (χ1) is 2.00. The van der Waals surface area contributed by atoms with Crippen LogP contribution < -0.4 is 19.2 Å². The maximum Gasteiger partial charge on any atom is 2.00 e. The molecular formula is H3Ca2O4PSi. The first-order valence-corrected chi connectivity index (χ1v) is 2.45. The summed E-state index contributed by atoms with van der Waals surface area (Å²) in [5.74, 6) is 0. The minimum Gasteiger partial charge on any atom is -0.894 e. The third kappa shape index (κ3) is 63.9. The molecule has 0 aliphatic carbocycles. The Kier molecular flexibility index (Phi) is 28.1. The van der Waals surface area contributed by atoms with Gasteiger partial charge in [-0.3, -0.25) is 0 Å². The Bertz CT molecular complexity index is 29.5. The smallest absolute Gasteiger partial charge is 0.894 e. The number of hydrogen-bond donors (Lipinski definition) is 0. The van der Waals surface area contributed by atoms with Gasteiger partial charge in [0.1, 0.15) is 0 Å². The van der Waals surface area contributed by atoms with Gasteiger partial charge in [0.15, 0.2) is 0 Å². The molecule has 0 fully saturated rings. The summed E-state index contributed by atoms with van der Waals surface area (Å²) < 4.78 is 0. The van der Waals surface area contributed by atoms with Gasteiger partial charge >= 0.3 is 75.5 Å². The monoisotopic (exact) mass is 206 g/mol. The molecule has 0 aliphatic heterocycles. The molecule has 8 heteroatoms. The van der Waals surface area contributed by atoms with Crippen LogP contribution in [0, 0.1) is 0 Å². The molecular weight excluding hydrogens is 203 g/mol. The van der Waals surface area contributed by atoms with E-state index < -0.39 is 9.05 Å². The molecule has 0 aromatic heterocycles. The van der Waals surface area contributed by atoms with Gasteiger partial charge in [0.25, 0.3) is 0 Å². The molecule has 40 valence electrons. The van der Waals surface area contributed by atoms with E-state index >= 15 is 0 Å². The SMILES string of the molecule is P.[Ca+2].[Ca+2].[O-][Si]([O-])([O-])[O-]. The van der Waals surface area contributed by atoms with Crippen molar-refractivity contribution in [1.29, 1.82) is 0 Å². The fourth-order valence-electron chi connectivity index (χ4n) is 0. The molecule has 0 saturated carbocycles. The molecule has 0 amide bonds. The number of rotatable bonds is 0. The summed E-state index contributed by atoms with van der Waals surface area (Å²) in [7, 11) is -5.61. The van der Waals surface area contributed by atoms with Crippen LogP contribution in [-0.4, -0.2) is 84.5 Å². The molecule has 1 unspecified atom stereocenters. The fraction of sp³-hybridized carbons (Fsp3) is 0. The van der Waals surface area contributed by atoms with Gasteiger partial charge in [-0.25, -0.2) is 0 Å². The van der Waals surface area contributed by atoms with Crippen LogP contribution in [0.15, 0.2) is 0 Å². The molecule has 0 bridgehead atoms. The second-order valence-electron chi connectivity index (χ2n) is 0.500. The van der Waals surface area contributed by atoms with Gasteiger partial charge in [-0.15, -0.1) is 0 Å². The van der Waals surface area contributed by atoms with Crippen LogP contribution in [0.2, 0.25) is 0 Å². The van der Waals surface area contributed by atoms with Gasteiger partial charge in [0.2, 0.25) is 0 Å². The molecule has 0 aromatic carbocycles. The Labute approximate surface area is 111 Å². The van der Waals surface area contributed by atoms with Crippen LogP contribution in [0.1, 0.15) is 0 Å². The van der Waals surface area contributed by atoms with Gasteiger partial charge in [-0.1, -0.05) is 0 Å². The summed E-state index contributed by atoms with van der Waals surface area (Å²) in [4.78, 5) is 34.3. The molecule has 0 heterocycles. The predicted molar refractivity (Wildman–Crippen MR) is 28.4 cm³/mol. The van der Waals surface area contributed by atoms with E-state index in [0.717, 1.165) is 0 Å². The van der Waals surface area contributed by atoms with Crippen LogP contribution >= 0.6 is 9.90 Å². The van der Waals surface area contributed by atoms with Gasteiger partial charge in [0, 0.05) is 0 Å². The predicted octanol–water partition coefficient (Wildman–Crippen LogP) is -5.84. The van der Waals surface area contributed by atoms with E-state index in [1.54, 1.807) is 0 Å². The van der Waals surface area contributed by atoms with Crippen molar-refractivity contribution in [3.05, 3.63) is 0 Å². The zero-order valence-corrected chi connectivity index (χ0v) is 11.1. The van der Waals surface area contributed by atoms with Crippen LogP contribution in [0.4, 0.5) is 0 Å². The van der Waals surface area contributed by atoms with Crippen molar-refractivity contribution in [2.75, 3.05) is 0 Å². The molecule has 0 rings (SSSR count). The van der Waals surface area contributed by atoms with Crippen molar-refractivity contribution in [3.8, 4) is 0 Å². The summed E-state index contributed by atoms with van der Waals surface area (Å²) >= 11 is 0. The van der Waals surface area contributed by atoms with Gasteiger partial charge < -0.3 is 28.2 Å². The largest absolute Gasteiger partial charge is 2.00 e. The molecule has 0 aliphatic rings. The van der Waals surface area contributed by atoms with E-state index in [1.807, 2.05) is 0 Å². The van der Waals surface area contributed by atoms with Crippen molar-refractivity contribution in [3.63, 3.8) is 0 Å². The third-order valence-electron chi connectivity index (χ3n) is 0. The molecule has 4 nitrogen and oxygen atoms in total. The minimum atomic E-state index is -5.61. The second kappa shape index (κ2) is 10.0. The topological polar surface area (TPSA) is 92.2 Å². The summed E-state index contributed by atoms with van der Waals surface area (Å²) in [6.45, 7) is 0. The molecule has 0 N–H and O–H groups in total. The quantitative estimate of drug-likeness (QED) is 0.291. The molecule has 0 aromatic rings. The number of hydrogen-bond acceptors (Lipinski definition) is 4. The van der Waals surface area contributed by atoms with E-state index in [4.69, 9.17) is 19.2 Å². The maximum atomic E-state index is 8.58. The Morgan fingerprint density at radius 1 is 0.750 bits per heavy atom. The average Bonchev–Trinajstić information content (AvgIpc) is 0.722. The van der Waals surface area contributed by atoms with E-state index in [2.05, 4.69) is 0 Å². The standard InChI is InChI=1S/2Ca.O4Si.H3P/c;;1-5(2,3)4;/h;;;1H3/q2*+2;-4;. The van der Waals surface area contributed by atoms with Crippen LogP contribution in [0.25, 0.3) is 0 Å². The summed E-state index contributed by atoms with van der Waals surface area (Å²) in [6, 6.07) is 0. The van der Waals surface area contributed by atoms with Crippen molar-refractivity contribution < 1.29 is 19.2 Å². The Hall–Kier alpha value is 3.01. The maximum absolute atomic E-state index is 8.58. The average molecular weight is 206 g/mol. The molecule has 0 spiro atoms. The fourth-order valence-corrected chi connectivity index (χ4v) is 0. The Morgan fingerprint density at radius 2 is 0.750 bits per heavy atom. The first-order valence-electron chi connectivity index (χ1n) is 0.816. The minimum absolute atomic E-state index is 0. The van der Waals surface area contributed by atoms with E-state index in [0.29, 0.717) is 0 Å². The van der Waals surface area contributed by atoms with Crippen LogP contribution in [0.3, 0.4) is 0 Å². The van der Waals surface area contributed by atoms with Gasteiger partial charge in [-0.2, -0.15) is 9.90 Å². The van der Waals surface area contributed by atoms with Crippen LogP contribution in [0.5, 0.6) is 0 Å². The van der Waals surface area contributed by atoms with Crippen LogP contribution in [-0.2, 0) is 0 Å². The summed E-state index contributed by atoms with van der Waals surface area (Å²) in [5, 5.41) is 0.